The second-order valence-corrected chi connectivity index (χ2v) is 8.20. The lowest BCUT2D eigenvalue weighted by Crippen LogP contribution is -2.49. The minimum absolute atomic E-state index is 0.0631. The number of benzene rings is 2. The fraction of sp³-hybridized carbons (Fsp3) is 0.192. The van der Waals surface area contributed by atoms with Gasteiger partial charge in [0.05, 0.1) is 17.8 Å². The highest BCUT2D eigenvalue weighted by Gasteiger charge is 2.11. The van der Waals surface area contributed by atoms with Gasteiger partial charge < -0.3 is 9.84 Å². The predicted molar refractivity (Wildman–Crippen MR) is 133 cm³/mol. The van der Waals surface area contributed by atoms with Crippen molar-refractivity contribution in [2.24, 2.45) is 4.99 Å². The monoisotopic (exact) mass is 487 g/mol. The molecule has 184 valence electrons. The first-order valence-electron chi connectivity index (χ1n) is 11.3. The molecule has 0 aliphatic carbocycles. The number of aromatic amines is 1. The smallest absolute Gasteiger partial charge is 0.335 e. The van der Waals surface area contributed by atoms with Gasteiger partial charge in [-0.2, -0.15) is 0 Å². The van der Waals surface area contributed by atoms with Crippen molar-refractivity contribution in [1.82, 2.24) is 19.1 Å². The molecule has 0 bridgehead atoms. The van der Waals surface area contributed by atoms with Crippen molar-refractivity contribution in [3.8, 4) is 11.6 Å². The molecule has 2 aromatic carbocycles. The van der Waals surface area contributed by atoms with Crippen LogP contribution in [0.3, 0.4) is 0 Å². The quantitative estimate of drug-likeness (QED) is 0.412. The summed E-state index contributed by atoms with van der Waals surface area (Å²) in [5.41, 5.74) is 2.38. The minimum atomic E-state index is -1.08. The minimum Gasteiger partial charge on any atom is -0.478 e. The molecule has 10 nitrogen and oxygen atoms in total. The van der Waals surface area contributed by atoms with Gasteiger partial charge in [-0.15, -0.1) is 0 Å². The number of hydrogen-bond donors (Lipinski definition) is 2. The van der Waals surface area contributed by atoms with Crippen molar-refractivity contribution in [2.45, 2.75) is 33.9 Å². The molecule has 0 spiro atoms. The van der Waals surface area contributed by atoms with Crippen LogP contribution < -0.4 is 21.7 Å². The normalized spacial score (nSPS) is 11.5. The Morgan fingerprint density at radius 2 is 1.81 bits per heavy atom. The average molecular weight is 488 g/mol. The lowest BCUT2D eigenvalue weighted by molar-refractivity contribution is 0.0696. The Labute approximate surface area is 205 Å². The summed E-state index contributed by atoms with van der Waals surface area (Å²) >= 11 is 0. The Kier molecular flexibility index (Phi) is 6.95. The predicted octanol–water partition coefficient (Wildman–Crippen LogP) is 3.14. The van der Waals surface area contributed by atoms with Crippen LogP contribution in [-0.2, 0) is 13.1 Å². The zero-order valence-electron chi connectivity index (χ0n) is 20.1. The van der Waals surface area contributed by atoms with Crippen molar-refractivity contribution in [1.29, 1.82) is 0 Å². The van der Waals surface area contributed by atoms with Gasteiger partial charge in [0.1, 0.15) is 5.75 Å². The number of nitrogens with zero attached hydrogens (tertiary/aromatic N) is 4. The second-order valence-electron chi connectivity index (χ2n) is 8.20. The summed E-state index contributed by atoms with van der Waals surface area (Å²) in [6, 6.07) is 15.6. The molecule has 2 N–H and O–H groups in total. The first-order valence-corrected chi connectivity index (χ1v) is 11.3. The number of nitrogens with one attached hydrogen (secondary N) is 1. The fourth-order valence-corrected chi connectivity index (χ4v) is 3.59. The third-order valence-electron chi connectivity index (χ3n) is 5.55. The number of carbonyl (C=O) groups is 1. The molecule has 2 aromatic heterocycles. The molecule has 0 aliphatic heterocycles. The van der Waals surface area contributed by atoms with Gasteiger partial charge in [-0.25, -0.2) is 28.9 Å². The van der Waals surface area contributed by atoms with E-state index < -0.39 is 17.3 Å². The van der Waals surface area contributed by atoms with Gasteiger partial charge in [0.25, 0.3) is 0 Å². The van der Waals surface area contributed by atoms with Gasteiger partial charge in [-0.3, -0.25) is 9.55 Å². The number of carboxylic acids is 1. The summed E-state index contributed by atoms with van der Waals surface area (Å²) in [5, 5.41) is 9.16. The number of carboxylic acid groups (broad SMARTS) is 1. The Morgan fingerprint density at radius 3 is 2.47 bits per heavy atom. The maximum absolute atomic E-state index is 13.1. The van der Waals surface area contributed by atoms with E-state index in [9.17, 15) is 14.4 Å². The number of H-pyrrole nitrogens is 1. The number of aromatic carboxylic acids is 1. The van der Waals surface area contributed by atoms with Crippen LogP contribution in [0.4, 0.5) is 5.69 Å². The molecular weight excluding hydrogens is 462 g/mol. The Bertz CT molecular complexity index is 1610. The third-order valence-corrected chi connectivity index (χ3v) is 5.55. The molecule has 36 heavy (non-hydrogen) atoms. The van der Waals surface area contributed by atoms with E-state index in [0.29, 0.717) is 17.0 Å². The zero-order chi connectivity index (χ0) is 25.8. The van der Waals surface area contributed by atoms with Crippen molar-refractivity contribution >= 4 is 11.7 Å². The van der Waals surface area contributed by atoms with Crippen molar-refractivity contribution < 1.29 is 14.6 Å². The Hall–Kier alpha value is -4.73. The molecular formula is C26H25N5O5. The van der Waals surface area contributed by atoms with E-state index in [0.717, 1.165) is 15.7 Å². The van der Waals surface area contributed by atoms with Crippen molar-refractivity contribution in [3.05, 3.63) is 110 Å². The molecule has 0 saturated heterocycles. The van der Waals surface area contributed by atoms with E-state index >= 15 is 0 Å². The summed E-state index contributed by atoms with van der Waals surface area (Å²) in [6.07, 6.45) is 1.36. The van der Waals surface area contributed by atoms with Gasteiger partial charge in [0.15, 0.2) is 0 Å². The number of rotatable bonds is 7. The fourth-order valence-electron chi connectivity index (χ4n) is 3.59. The van der Waals surface area contributed by atoms with Crippen LogP contribution in [0.25, 0.3) is 0 Å². The molecule has 4 rings (SSSR count). The van der Waals surface area contributed by atoms with E-state index in [1.807, 2.05) is 31.2 Å². The Balaban J connectivity index is 1.73. The van der Waals surface area contributed by atoms with E-state index in [1.54, 1.807) is 32.0 Å². The van der Waals surface area contributed by atoms with Crippen LogP contribution in [0.2, 0.25) is 0 Å². The van der Waals surface area contributed by atoms with Gasteiger partial charge in [-0.05, 0) is 56.2 Å². The van der Waals surface area contributed by atoms with E-state index in [2.05, 4.69) is 15.0 Å². The molecule has 0 amide bonds. The molecule has 0 radical (unpaired) electrons. The van der Waals surface area contributed by atoms with E-state index in [4.69, 9.17) is 9.84 Å². The summed E-state index contributed by atoms with van der Waals surface area (Å²) in [5.74, 6) is -0.469. The average Bonchev–Trinajstić information content (AvgIpc) is 2.85. The molecule has 0 saturated carbocycles. The zero-order valence-corrected chi connectivity index (χ0v) is 20.1. The lowest BCUT2D eigenvalue weighted by atomic mass is 10.1. The number of aromatic nitrogens is 4. The molecule has 0 unspecified atom stereocenters. The third kappa shape index (κ3) is 5.33. The van der Waals surface area contributed by atoms with Crippen LogP contribution in [-0.4, -0.2) is 30.2 Å². The summed E-state index contributed by atoms with van der Waals surface area (Å²) in [6.45, 7) is 5.97. The second kappa shape index (κ2) is 10.3. The molecule has 0 fully saturated rings. The molecule has 0 atom stereocenters. The first kappa shape index (κ1) is 24.4. The van der Waals surface area contributed by atoms with Crippen molar-refractivity contribution in [3.63, 3.8) is 0 Å². The van der Waals surface area contributed by atoms with E-state index in [-0.39, 0.29) is 30.2 Å². The number of aryl methyl sites for hydroxylation is 2. The molecule has 10 heteroatoms. The van der Waals surface area contributed by atoms with E-state index in [1.165, 1.54) is 22.9 Å². The van der Waals surface area contributed by atoms with Gasteiger partial charge in [-0.1, -0.05) is 29.8 Å². The van der Waals surface area contributed by atoms with Gasteiger partial charge in [0.2, 0.25) is 11.5 Å². The maximum atomic E-state index is 13.1. The number of hydrogen-bond acceptors (Lipinski definition) is 6. The van der Waals surface area contributed by atoms with Crippen LogP contribution in [0, 0.1) is 13.8 Å². The largest absolute Gasteiger partial charge is 0.478 e. The van der Waals surface area contributed by atoms with Crippen LogP contribution in [0.15, 0.2) is 75.4 Å². The SMILES string of the molecule is CCn1c(=O)[nH]/c(=N\c2ccc(Oc3cc(C(=O)O)ccn3)c(C)c2)n(Cc2ccc(C)cc2)c1=O. The van der Waals surface area contributed by atoms with Crippen LogP contribution >= 0.6 is 0 Å². The standard InChI is InChI=1S/C26H25N5O5/c1-4-30-25(34)29-24(31(26(30)35)15-18-7-5-16(2)6-8-18)28-20-9-10-21(17(3)13-20)36-22-14-19(23(32)33)11-12-27-22/h5-14H,4,15H2,1-3H3,(H,32,33)(H,28,29,34). The highest BCUT2D eigenvalue weighted by molar-refractivity contribution is 5.87. The molecule has 2 heterocycles. The summed E-state index contributed by atoms with van der Waals surface area (Å²) in [7, 11) is 0. The first-order chi connectivity index (χ1) is 17.2. The maximum Gasteiger partial charge on any atom is 0.335 e. The molecule has 4 aromatic rings. The summed E-state index contributed by atoms with van der Waals surface area (Å²) in [4.78, 5) is 48.1. The Morgan fingerprint density at radius 1 is 1.06 bits per heavy atom. The number of pyridine rings is 1. The van der Waals surface area contributed by atoms with Crippen molar-refractivity contribution in [2.75, 3.05) is 0 Å². The highest BCUT2D eigenvalue weighted by Crippen LogP contribution is 2.27. The van der Waals surface area contributed by atoms with Crippen LogP contribution in [0.1, 0.15) is 34.0 Å². The van der Waals surface area contributed by atoms with Crippen LogP contribution in [0.5, 0.6) is 11.6 Å². The van der Waals surface area contributed by atoms with Gasteiger partial charge >= 0.3 is 17.3 Å². The summed E-state index contributed by atoms with van der Waals surface area (Å²) < 4.78 is 8.30. The van der Waals surface area contributed by atoms with Gasteiger partial charge in [0, 0.05) is 18.8 Å². The lowest BCUT2D eigenvalue weighted by Gasteiger charge is -2.11. The molecule has 0 aliphatic rings. The highest BCUT2D eigenvalue weighted by atomic mass is 16.5. The topological polar surface area (TPSA) is 132 Å². The number of ether oxygens (including phenoxy) is 1.